The van der Waals surface area contributed by atoms with Crippen LogP contribution in [0.2, 0.25) is 0 Å². The van der Waals surface area contributed by atoms with Gasteiger partial charge in [-0.1, -0.05) is 12.1 Å². The topological polar surface area (TPSA) is 63.9 Å². The molecular formula is C20H25N3O. The third-order valence-corrected chi connectivity index (χ3v) is 4.41. The summed E-state index contributed by atoms with van der Waals surface area (Å²) in [6.45, 7) is 5.04. The molecule has 0 atom stereocenters. The second kappa shape index (κ2) is 7.05. The Bertz CT molecular complexity index is 851. The number of rotatable bonds is 6. The molecule has 0 saturated heterocycles. The van der Waals surface area contributed by atoms with Crippen LogP contribution in [0.3, 0.4) is 0 Å². The number of aromatic amines is 1. The normalized spacial score (nSPS) is 11.2. The number of fused-ring (bicyclic) bond motifs is 1. The third kappa shape index (κ3) is 3.15. The van der Waals surface area contributed by atoms with Crippen LogP contribution < -0.4 is 10.5 Å². The van der Waals surface area contributed by atoms with Crippen LogP contribution in [0.4, 0.5) is 0 Å². The second-order valence-corrected chi connectivity index (χ2v) is 6.29. The van der Waals surface area contributed by atoms with Crippen LogP contribution in [0.25, 0.3) is 22.3 Å². The van der Waals surface area contributed by atoms with Gasteiger partial charge in [-0.2, -0.15) is 0 Å². The quantitative estimate of drug-likeness (QED) is 0.670. The van der Waals surface area contributed by atoms with Crippen molar-refractivity contribution in [2.75, 3.05) is 13.7 Å². The average molecular weight is 323 g/mol. The van der Waals surface area contributed by atoms with Gasteiger partial charge in [0.15, 0.2) is 0 Å². The molecule has 0 bridgehead atoms. The zero-order chi connectivity index (χ0) is 17.1. The van der Waals surface area contributed by atoms with Gasteiger partial charge in [0.05, 0.1) is 18.5 Å². The molecule has 126 valence electrons. The maximum absolute atomic E-state index is 5.68. The van der Waals surface area contributed by atoms with Crippen molar-refractivity contribution in [2.24, 2.45) is 5.73 Å². The Morgan fingerprint density at radius 3 is 2.75 bits per heavy atom. The Morgan fingerprint density at radius 2 is 2.00 bits per heavy atom. The molecule has 3 aromatic rings. The smallest absolute Gasteiger partial charge is 0.213 e. The van der Waals surface area contributed by atoms with Gasteiger partial charge in [0.25, 0.3) is 0 Å². The highest BCUT2D eigenvalue weighted by molar-refractivity contribution is 5.93. The van der Waals surface area contributed by atoms with E-state index in [4.69, 9.17) is 10.5 Å². The molecule has 3 N–H and O–H groups in total. The van der Waals surface area contributed by atoms with E-state index in [1.54, 1.807) is 7.11 Å². The molecule has 0 saturated carbocycles. The van der Waals surface area contributed by atoms with Gasteiger partial charge in [-0.3, -0.25) is 0 Å². The Hall–Kier alpha value is -2.33. The average Bonchev–Trinajstić information content (AvgIpc) is 2.94. The number of pyridine rings is 1. The van der Waals surface area contributed by atoms with Gasteiger partial charge in [0.2, 0.25) is 5.88 Å². The second-order valence-electron chi connectivity index (χ2n) is 6.29. The molecule has 0 radical (unpaired) electrons. The minimum Gasteiger partial charge on any atom is -0.481 e. The lowest BCUT2D eigenvalue weighted by Crippen LogP contribution is -2.00. The number of aromatic nitrogens is 2. The fraction of sp³-hybridized carbons (Fsp3) is 0.350. The maximum atomic E-state index is 5.68. The highest BCUT2D eigenvalue weighted by Crippen LogP contribution is 2.34. The Kier molecular flexibility index (Phi) is 4.86. The summed E-state index contributed by atoms with van der Waals surface area (Å²) in [6, 6.07) is 10.3. The fourth-order valence-corrected chi connectivity index (χ4v) is 3.38. The van der Waals surface area contributed by atoms with Crippen LogP contribution in [0.15, 0.2) is 30.3 Å². The lowest BCUT2D eigenvalue weighted by molar-refractivity contribution is 0.398. The summed E-state index contributed by atoms with van der Waals surface area (Å²) >= 11 is 0. The first-order chi connectivity index (χ1) is 11.6. The SMILES string of the molecule is COc1cccc(-c2[nH]c3cc(C)cc(C)c3c2CCCCN)n1. The largest absolute Gasteiger partial charge is 0.481 e. The van der Waals surface area contributed by atoms with E-state index in [0.717, 1.165) is 37.2 Å². The molecule has 2 heterocycles. The number of nitrogens with two attached hydrogens (primary N) is 1. The van der Waals surface area contributed by atoms with E-state index in [-0.39, 0.29) is 0 Å². The van der Waals surface area contributed by atoms with Crippen molar-refractivity contribution in [3.8, 4) is 17.3 Å². The van der Waals surface area contributed by atoms with Gasteiger partial charge in [0.1, 0.15) is 0 Å². The summed E-state index contributed by atoms with van der Waals surface area (Å²) < 4.78 is 5.29. The highest BCUT2D eigenvalue weighted by Gasteiger charge is 2.16. The van der Waals surface area contributed by atoms with Crippen LogP contribution in [-0.4, -0.2) is 23.6 Å². The van der Waals surface area contributed by atoms with E-state index >= 15 is 0 Å². The minimum absolute atomic E-state index is 0.631. The molecule has 0 spiro atoms. The molecule has 4 heteroatoms. The number of aryl methyl sites for hydroxylation is 3. The predicted octanol–water partition coefficient (Wildman–Crippen LogP) is 4.14. The summed E-state index contributed by atoms with van der Waals surface area (Å²) in [7, 11) is 1.65. The van der Waals surface area contributed by atoms with Crippen LogP contribution >= 0.6 is 0 Å². The van der Waals surface area contributed by atoms with Gasteiger partial charge in [-0.25, -0.2) is 4.98 Å². The van der Waals surface area contributed by atoms with E-state index in [2.05, 4.69) is 35.9 Å². The van der Waals surface area contributed by atoms with E-state index < -0.39 is 0 Å². The zero-order valence-electron chi connectivity index (χ0n) is 14.6. The van der Waals surface area contributed by atoms with Crippen LogP contribution in [-0.2, 0) is 6.42 Å². The molecule has 0 unspecified atom stereocenters. The first-order valence-electron chi connectivity index (χ1n) is 8.47. The summed E-state index contributed by atoms with van der Waals surface area (Å²) in [6.07, 6.45) is 3.10. The van der Waals surface area contributed by atoms with Gasteiger partial charge >= 0.3 is 0 Å². The molecule has 4 nitrogen and oxygen atoms in total. The van der Waals surface area contributed by atoms with Crippen molar-refractivity contribution in [1.29, 1.82) is 0 Å². The first-order valence-corrected chi connectivity index (χ1v) is 8.47. The molecule has 0 amide bonds. The lowest BCUT2D eigenvalue weighted by atomic mass is 9.98. The van der Waals surface area contributed by atoms with Gasteiger partial charge in [-0.05, 0) is 68.5 Å². The van der Waals surface area contributed by atoms with Crippen molar-refractivity contribution in [2.45, 2.75) is 33.1 Å². The van der Waals surface area contributed by atoms with Crippen LogP contribution in [0.1, 0.15) is 29.5 Å². The highest BCUT2D eigenvalue weighted by atomic mass is 16.5. The fourth-order valence-electron chi connectivity index (χ4n) is 3.38. The number of nitrogens with zero attached hydrogens (tertiary/aromatic N) is 1. The Balaban J connectivity index is 2.17. The Morgan fingerprint density at radius 1 is 1.17 bits per heavy atom. The molecule has 3 rings (SSSR count). The number of H-pyrrole nitrogens is 1. The summed E-state index contributed by atoms with van der Waals surface area (Å²) in [5.41, 5.74) is 12.8. The molecule has 0 aliphatic carbocycles. The number of hydrogen-bond donors (Lipinski definition) is 2. The number of hydrogen-bond acceptors (Lipinski definition) is 3. The van der Waals surface area contributed by atoms with Crippen molar-refractivity contribution < 1.29 is 4.74 Å². The maximum Gasteiger partial charge on any atom is 0.213 e. The molecule has 0 fully saturated rings. The van der Waals surface area contributed by atoms with Crippen molar-refractivity contribution in [3.05, 3.63) is 47.0 Å². The number of nitrogens with one attached hydrogen (secondary N) is 1. The van der Waals surface area contributed by atoms with Crippen LogP contribution in [0.5, 0.6) is 5.88 Å². The van der Waals surface area contributed by atoms with E-state index in [1.165, 1.54) is 27.6 Å². The third-order valence-electron chi connectivity index (χ3n) is 4.41. The molecule has 24 heavy (non-hydrogen) atoms. The molecule has 0 aliphatic rings. The van der Waals surface area contributed by atoms with Gasteiger partial charge < -0.3 is 15.5 Å². The molecule has 2 aromatic heterocycles. The summed E-state index contributed by atoms with van der Waals surface area (Å²) in [5.74, 6) is 0.631. The number of methoxy groups -OCH3 is 1. The molecular weight excluding hydrogens is 298 g/mol. The number of ether oxygens (including phenoxy) is 1. The van der Waals surface area contributed by atoms with E-state index in [1.807, 2.05) is 18.2 Å². The lowest BCUT2D eigenvalue weighted by Gasteiger charge is -2.07. The van der Waals surface area contributed by atoms with Crippen LogP contribution in [0, 0.1) is 13.8 Å². The summed E-state index contributed by atoms with van der Waals surface area (Å²) in [4.78, 5) is 8.21. The molecule has 0 aliphatic heterocycles. The van der Waals surface area contributed by atoms with Crippen molar-refractivity contribution in [3.63, 3.8) is 0 Å². The number of benzene rings is 1. The Labute approximate surface area is 143 Å². The van der Waals surface area contributed by atoms with Crippen molar-refractivity contribution in [1.82, 2.24) is 9.97 Å². The standard InChI is InChI=1S/C20H25N3O/c1-13-11-14(2)19-15(7-4-5-10-21)20(23-17(19)12-13)16-8-6-9-18(22-16)24-3/h6,8-9,11-12,23H,4-5,7,10,21H2,1-3H3. The molecule has 1 aromatic carbocycles. The van der Waals surface area contributed by atoms with E-state index in [0.29, 0.717) is 5.88 Å². The summed E-state index contributed by atoms with van der Waals surface area (Å²) in [5, 5.41) is 1.32. The first kappa shape index (κ1) is 16.5. The number of unbranched alkanes of at least 4 members (excludes halogenated alkanes) is 1. The van der Waals surface area contributed by atoms with Gasteiger partial charge in [0, 0.05) is 17.0 Å². The zero-order valence-corrected chi connectivity index (χ0v) is 14.6. The van der Waals surface area contributed by atoms with Crippen molar-refractivity contribution >= 4 is 10.9 Å². The minimum atomic E-state index is 0.631. The monoisotopic (exact) mass is 323 g/mol. The van der Waals surface area contributed by atoms with Gasteiger partial charge in [-0.15, -0.1) is 0 Å². The predicted molar refractivity (Wildman–Crippen MR) is 99.5 cm³/mol. The van der Waals surface area contributed by atoms with E-state index in [9.17, 15) is 0 Å².